The molecule has 1 fully saturated rings. The van der Waals surface area contributed by atoms with Gasteiger partial charge in [0.15, 0.2) is 5.96 Å². The molecule has 1 atom stereocenters. The van der Waals surface area contributed by atoms with Gasteiger partial charge in [-0.05, 0) is 19.4 Å². The maximum absolute atomic E-state index is 10.7. The number of nitro benzene ring substituents is 1. The Morgan fingerprint density at radius 1 is 1.32 bits per heavy atom. The lowest BCUT2D eigenvalue weighted by molar-refractivity contribution is -0.384. The minimum atomic E-state index is -0.397. The SMILES string of the molecule is CCNC(=NCc1ccc([N+](=O)[O-])cc1)NCC(C)N1CCOCC1. The van der Waals surface area contributed by atoms with Crippen LogP contribution in [0.3, 0.4) is 0 Å². The van der Waals surface area contributed by atoms with Crippen LogP contribution in [0.2, 0.25) is 0 Å². The molecule has 0 aliphatic carbocycles. The minimum Gasteiger partial charge on any atom is -0.379 e. The maximum Gasteiger partial charge on any atom is 0.269 e. The fourth-order valence-electron chi connectivity index (χ4n) is 2.63. The Labute approximate surface area is 148 Å². The van der Waals surface area contributed by atoms with Crippen molar-refractivity contribution in [3.63, 3.8) is 0 Å². The average molecular weight is 349 g/mol. The van der Waals surface area contributed by atoms with E-state index in [1.807, 2.05) is 6.92 Å². The van der Waals surface area contributed by atoms with Gasteiger partial charge in [0.1, 0.15) is 0 Å². The summed E-state index contributed by atoms with van der Waals surface area (Å²) in [5.74, 6) is 0.751. The minimum absolute atomic E-state index is 0.0945. The molecule has 0 amide bonds. The largest absolute Gasteiger partial charge is 0.379 e. The molecule has 0 radical (unpaired) electrons. The van der Waals surface area contributed by atoms with Crippen molar-refractivity contribution in [2.45, 2.75) is 26.4 Å². The molecule has 1 aliphatic rings. The van der Waals surface area contributed by atoms with Crippen LogP contribution in [0.1, 0.15) is 19.4 Å². The van der Waals surface area contributed by atoms with Crippen molar-refractivity contribution in [2.24, 2.45) is 4.99 Å². The fourth-order valence-corrected chi connectivity index (χ4v) is 2.63. The molecular weight excluding hydrogens is 322 g/mol. The van der Waals surface area contributed by atoms with Gasteiger partial charge in [0.2, 0.25) is 0 Å². The molecule has 2 N–H and O–H groups in total. The third-order valence-corrected chi connectivity index (χ3v) is 4.15. The Balaban J connectivity index is 1.87. The van der Waals surface area contributed by atoms with E-state index >= 15 is 0 Å². The van der Waals surface area contributed by atoms with E-state index in [-0.39, 0.29) is 5.69 Å². The van der Waals surface area contributed by atoms with E-state index in [4.69, 9.17) is 4.74 Å². The van der Waals surface area contributed by atoms with E-state index in [1.165, 1.54) is 12.1 Å². The van der Waals surface area contributed by atoms with E-state index < -0.39 is 4.92 Å². The van der Waals surface area contributed by atoms with Crippen LogP contribution in [0.25, 0.3) is 0 Å². The summed E-state index contributed by atoms with van der Waals surface area (Å²) >= 11 is 0. The van der Waals surface area contributed by atoms with Crippen LogP contribution >= 0.6 is 0 Å². The molecule has 0 aromatic heterocycles. The molecule has 0 spiro atoms. The Bertz CT molecular complexity index is 570. The number of morpholine rings is 1. The molecule has 1 aromatic carbocycles. The number of non-ortho nitro benzene ring substituents is 1. The Morgan fingerprint density at radius 3 is 2.60 bits per heavy atom. The number of aliphatic imine (C=N–C) groups is 1. The van der Waals surface area contributed by atoms with E-state index in [2.05, 4.69) is 27.4 Å². The standard InChI is InChI=1S/C17H27N5O3/c1-3-18-17(19-12-14(2)21-8-10-25-11-9-21)20-13-15-4-6-16(7-5-15)22(23)24/h4-7,14H,3,8-13H2,1-2H3,(H2,18,19,20). The number of benzene rings is 1. The van der Waals surface area contributed by atoms with Crippen molar-refractivity contribution in [1.82, 2.24) is 15.5 Å². The fraction of sp³-hybridized carbons (Fsp3) is 0.588. The summed E-state index contributed by atoms with van der Waals surface area (Å²) in [6.45, 7) is 9.76. The second-order valence-electron chi connectivity index (χ2n) is 6.00. The summed E-state index contributed by atoms with van der Waals surface area (Å²) in [5, 5.41) is 17.3. The van der Waals surface area contributed by atoms with E-state index in [9.17, 15) is 10.1 Å². The molecule has 0 bridgehead atoms. The summed E-state index contributed by atoms with van der Waals surface area (Å²) in [5.41, 5.74) is 1.03. The zero-order valence-electron chi connectivity index (χ0n) is 14.9. The quantitative estimate of drug-likeness (QED) is 0.334. The first kappa shape index (κ1) is 19.1. The van der Waals surface area contributed by atoms with E-state index in [1.54, 1.807) is 12.1 Å². The summed E-state index contributed by atoms with van der Waals surface area (Å²) < 4.78 is 5.38. The van der Waals surface area contributed by atoms with Crippen molar-refractivity contribution in [2.75, 3.05) is 39.4 Å². The zero-order chi connectivity index (χ0) is 18.1. The third kappa shape index (κ3) is 6.32. The Hall–Kier alpha value is -2.19. The average Bonchev–Trinajstić information content (AvgIpc) is 2.64. The van der Waals surface area contributed by atoms with Gasteiger partial charge in [-0.15, -0.1) is 0 Å². The summed E-state index contributed by atoms with van der Waals surface area (Å²) in [4.78, 5) is 17.2. The smallest absolute Gasteiger partial charge is 0.269 e. The number of nitro groups is 1. The van der Waals surface area contributed by atoms with Crippen LogP contribution in [0.4, 0.5) is 5.69 Å². The predicted molar refractivity (Wildman–Crippen MR) is 97.8 cm³/mol. The molecule has 0 saturated carbocycles. The monoisotopic (exact) mass is 349 g/mol. The van der Waals surface area contributed by atoms with Crippen molar-refractivity contribution in [1.29, 1.82) is 0 Å². The Kier molecular flexibility index (Phi) is 7.62. The maximum atomic E-state index is 10.7. The van der Waals surface area contributed by atoms with Gasteiger partial charge in [-0.1, -0.05) is 12.1 Å². The normalized spacial score (nSPS) is 17.1. The van der Waals surface area contributed by atoms with Crippen LogP contribution < -0.4 is 10.6 Å². The van der Waals surface area contributed by atoms with Gasteiger partial charge in [0.05, 0.1) is 24.7 Å². The molecule has 1 unspecified atom stereocenters. The molecule has 1 aliphatic heterocycles. The van der Waals surface area contributed by atoms with E-state index in [0.29, 0.717) is 12.6 Å². The van der Waals surface area contributed by atoms with E-state index in [0.717, 1.165) is 50.9 Å². The number of rotatable bonds is 7. The molecule has 8 nitrogen and oxygen atoms in total. The van der Waals surface area contributed by atoms with Crippen LogP contribution in [0, 0.1) is 10.1 Å². The summed E-state index contributed by atoms with van der Waals surface area (Å²) in [6.07, 6.45) is 0. The summed E-state index contributed by atoms with van der Waals surface area (Å²) in [6, 6.07) is 6.88. The van der Waals surface area contributed by atoms with Gasteiger partial charge in [0, 0.05) is 44.4 Å². The second-order valence-corrected chi connectivity index (χ2v) is 6.00. The molecule has 1 saturated heterocycles. The van der Waals surface area contributed by atoms with Crippen LogP contribution in [-0.4, -0.2) is 61.2 Å². The molecular formula is C17H27N5O3. The molecule has 138 valence electrons. The van der Waals surface area contributed by atoms with Gasteiger partial charge >= 0.3 is 0 Å². The van der Waals surface area contributed by atoms with Crippen LogP contribution in [0.15, 0.2) is 29.3 Å². The van der Waals surface area contributed by atoms with Gasteiger partial charge in [-0.3, -0.25) is 15.0 Å². The number of hydrogen-bond donors (Lipinski definition) is 2. The lowest BCUT2D eigenvalue weighted by atomic mass is 10.2. The molecule has 8 heteroatoms. The summed E-state index contributed by atoms with van der Waals surface area (Å²) in [7, 11) is 0. The number of guanidine groups is 1. The highest BCUT2D eigenvalue weighted by Crippen LogP contribution is 2.12. The topological polar surface area (TPSA) is 92.0 Å². The number of nitrogens with one attached hydrogen (secondary N) is 2. The number of ether oxygens (including phenoxy) is 1. The first-order valence-electron chi connectivity index (χ1n) is 8.67. The lowest BCUT2D eigenvalue weighted by Gasteiger charge is -2.32. The number of hydrogen-bond acceptors (Lipinski definition) is 5. The van der Waals surface area contributed by atoms with Gasteiger partial charge in [-0.25, -0.2) is 4.99 Å². The van der Waals surface area contributed by atoms with Gasteiger partial charge < -0.3 is 15.4 Å². The molecule has 1 heterocycles. The Morgan fingerprint density at radius 2 is 2.00 bits per heavy atom. The van der Waals surface area contributed by atoms with Crippen LogP contribution in [-0.2, 0) is 11.3 Å². The molecule has 25 heavy (non-hydrogen) atoms. The first-order valence-corrected chi connectivity index (χ1v) is 8.67. The zero-order valence-corrected chi connectivity index (χ0v) is 14.9. The molecule has 2 rings (SSSR count). The van der Waals surface area contributed by atoms with Gasteiger partial charge in [0.25, 0.3) is 5.69 Å². The van der Waals surface area contributed by atoms with Crippen molar-refractivity contribution in [3.05, 3.63) is 39.9 Å². The van der Waals surface area contributed by atoms with Gasteiger partial charge in [-0.2, -0.15) is 0 Å². The highest BCUT2D eigenvalue weighted by atomic mass is 16.6. The van der Waals surface area contributed by atoms with Crippen molar-refractivity contribution < 1.29 is 9.66 Å². The number of nitrogens with zero attached hydrogens (tertiary/aromatic N) is 3. The second kappa shape index (κ2) is 9.95. The predicted octanol–water partition coefficient (Wildman–Crippen LogP) is 1.37. The van der Waals surface area contributed by atoms with Crippen LogP contribution in [0.5, 0.6) is 0 Å². The molecule has 1 aromatic rings. The first-order chi connectivity index (χ1) is 12.1. The van der Waals surface area contributed by atoms with Crippen molar-refractivity contribution in [3.8, 4) is 0 Å². The highest BCUT2D eigenvalue weighted by Gasteiger charge is 2.16. The van der Waals surface area contributed by atoms with Crippen molar-refractivity contribution >= 4 is 11.6 Å². The highest BCUT2D eigenvalue weighted by molar-refractivity contribution is 5.79. The lowest BCUT2D eigenvalue weighted by Crippen LogP contribution is -2.49. The third-order valence-electron chi connectivity index (χ3n) is 4.15.